The van der Waals surface area contributed by atoms with Gasteiger partial charge in [0.25, 0.3) is 0 Å². The number of amidine groups is 1. The lowest BCUT2D eigenvalue weighted by Crippen LogP contribution is -2.32. The minimum Gasteiger partial charge on any atom is -0.383 e. The van der Waals surface area contributed by atoms with E-state index in [2.05, 4.69) is 32.0 Å². The third kappa shape index (κ3) is 4.82. The predicted molar refractivity (Wildman–Crippen MR) is 136 cm³/mol. The number of hydrogen-bond donors (Lipinski definition) is 3. The Hall–Kier alpha value is -3.09. The molecule has 33 heavy (non-hydrogen) atoms. The summed E-state index contributed by atoms with van der Waals surface area (Å²) < 4.78 is 0. The predicted octanol–water partition coefficient (Wildman–Crippen LogP) is 5.14. The molecule has 1 atom stereocenters. The van der Waals surface area contributed by atoms with Crippen molar-refractivity contribution in [2.24, 2.45) is 4.99 Å². The molecule has 9 heteroatoms. The van der Waals surface area contributed by atoms with E-state index in [1.807, 2.05) is 30.3 Å². The Morgan fingerprint density at radius 2 is 2.03 bits per heavy atom. The lowest BCUT2D eigenvalue weighted by atomic mass is 9.95. The van der Waals surface area contributed by atoms with Gasteiger partial charge in [-0.3, -0.25) is 10.3 Å². The molecule has 5 rings (SSSR count). The fraction of sp³-hybridized carbons (Fsp3) is 0.333. The van der Waals surface area contributed by atoms with Crippen molar-refractivity contribution in [1.82, 2.24) is 10.3 Å². The number of fused-ring (bicyclic) bond motifs is 3. The molecule has 168 valence electrons. The van der Waals surface area contributed by atoms with Crippen LogP contribution < -0.4 is 16.0 Å². The Labute approximate surface area is 200 Å². The van der Waals surface area contributed by atoms with Crippen LogP contribution in [-0.4, -0.2) is 34.5 Å². The number of hydrogen-bond acceptors (Lipinski definition) is 7. The molecule has 7 nitrogen and oxygen atoms in total. The summed E-state index contributed by atoms with van der Waals surface area (Å²) in [6.07, 6.45) is 7.16. The van der Waals surface area contributed by atoms with Gasteiger partial charge in [0, 0.05) is 33.9 Å². The maximum absolute atomic E-state index is 12.2. The molecule has 1 aliphatic carbocycles. The van der Waals surface area contributed by atoms with Gasteiger partial charge in [-0.15, -0.1) is 11.3 Å². The summed E-state index contributed by atoms with van der Waals surface area (Å²) >= 11 is 3.35. The standard InChI is InChI=1S/C24H24N6OS2/c25-12-15-13-27-22-20(18-8-4-5-9-19(18)33-22)21(15)26-11-10-17-14-28-24(32-17)30-23(31)29-16-6-2-1-3-7-16/h1-3,6-7,13,17H,4-5,8-11,14H2,(H,26,27)(H2,28,29,30,31). The summed E-state index contributed by atoms with van der Waals surface area (Å²) in [7, 11) is 0. The van der Waals surface area contributed by atoms with Crippen LogP contribution in [0, 0.1) is 11.3 Å². The fourth-order valence-corrected chi connectivity index (χ4v) is 6.51. The van der Waals surface area contributed by atoms with Crippen LogP contribution in [0.4, 0.5) is 16.2 Å². The number of urea groups is 1. The maximum atomic E-state index is 12.2. The topological polar surface area (TPSA) is 102 Å². The molecule has 0 fully saturated rings. The average Bonchev–Trinajstić information content (AvgIpc) is 3.43. The zero-order chi connectivity index (χ0) is 22.6. The molecule has 1 unspecified atom stereocenters. The van der Waals surface area contributed by atoms with E-state index in [4.69, 9.17) is 0 Å². The number of rotatable bonds is 5. The molecule has 3 heterocycles. The fourth-order valence-electron chi connectivity index (χ4n) is 4.27. The lowest BCUT2D eigenvalue weighted by Gasteiger charge is -2.15. The summed E-state index contributed by atoms with van der Waals surface area (Å²) in [6, 6.07) is 11.4. The molecule has 2 aromatic heterocycles. The number of aromatic nitrogens is 1. The van der Waals surface area contributed by atoms with Crippen LogP contribution in [0.3, 0.4) is 0 Å². The molecule has 3 aromatic rings. The largest absolute Gasteiger partial charge is 0.383 e. The van der Waals surface area contributed by atoms with Crippen LogP contribution in [0.25, 0.3) is 10.2 Å². The highest BCUT2D eigenvalue weighted by atomic mass is 32.2. The second-order valence-electron chi connectivity index (χ2n) is 8.10. The van der Waals surface area contributed by atoms with E-state index in [9.17, 15) is 10.1 Å². The molecule has 2 amide bonds. The van der Waals surface area contributed by atoms with E-state index in [0.29, 0.717) is 17.3 Å². The smallest absolute Gasteiger partial charge is 0.325 e. The number of aryl methyl sites for hydroxylation is 2. The Kier molecular flexibility index (Phi) is 6.46. The first kappa shape index (κ1) is 21.7. The van der Waals surface area contributed by atoms with Crippen LogP contribution >= 0.6 is 23.1 Å². The van der Waals surface area contributed by atoms with E-state index in [0.717, 1.165) is 47.4 Å². The molecule has 2 aliphatic rings. The number of nitrogens with one attached hydrogen (secondary N) is 3. The number of pyridine rings is 1. The highest BCUT2D eigenvalue weighted by molar-refractivity contribution is 8.14. The summed E-state index contributed by atoms with van der Waals surface area (Å²) in [5.74, 6) is 0. The number of thiophene rings is 1. The number of nitrogens with zero attached hydrogens (tertiary/aromatic N) is 3. The van der Waals surface area contributed by atoms with Crippen molar-refractivity contribution in [3.05, 3.63) is 52.5 Å². The summed E-state index contributed by atoms with van der Waals surface area (Å²) in [5, 5.41) is 20.9. The molecule has 0 spiro atoms. The van der Waals surface area contributed by atoms with Crippen molar-refractivity contribution >= 4 is 55.9 Å². The molecule has 0 saturated heterocycles. The van der Waals surface area contributed by atoms with Gasteiger partial charge in [-0.25, -0.2) is 9.78 Å². The highest BCUT2D eigenvalue weighted by Gasteiger charge is 2.23. The second-order valence-corrected chi connectivity index (χ2v) is 10.5. The summed E-state index contributed by atoms with van der Waals surface area (Å²) in [6.45, 7) is 1.40. The number of amides is 2. The van der Waals surface area contributed by atoms with E-state index in [1.54, 1.807) is 29.3 Å². The van der Waals surface area contributed by atoms with Crippen molar-refractivity contribution in [2.75, 3.05) is 23.7 Å². The number of aliphatic imine (C=N–C) groups is 1. The van der Waals surface area contributed by atoms with Crippen LogP contribution in [0.1, 0.15) is 35.3 Å². The van der Waals surface area contributed by atoms with Gasteiger partial charge >= 0.3 is 6.03 Å². The molecular formula is C24H24N6OS2. The van der Waals surface area contributed by atoms with Crippen molar-refractivity contribution in [2.45, 2.75) is 37.4 Å². The van der Waals surface area contributed by atoms with E-state index in [1.165, 1.54) is 23.3 Å². The number of anilines is 2. The quantitative estimate of drug-likeness (QED) is 0.473. The van der Waals surface area contributed by atoms with E-state index < -0.39 is 0 Å². The van der Waals surface area contributed by atoms with Crippen molar-refractivity contribution in [1.29, 1.82) is 5.26 Å². The Morgan fingerprint density at radius 1 is 1.18 bits per heavy atom. The lowest BCUT2D eigenvalue weighted by molar-refractivity contribution is 0.256. The van der Waals surface area contributed by atoms with Gasteiger partial charge in [0.05, 0.1) is 17.8 Å². The zero-order valence-electron chi connectivity index (χ0n) is 18.1. The number of benzene rings is 1. The van der Waals surface area contributed by atoms with E-state index in [-0.39, 0.29) is 11.3 Å². The van der Waals surface area contributed by atoms with Gasteiger partial charge in [-0.1, -0.05) is 30.0 Å². The third-order valence-electron chi connectivity index (χ3n) is 5.84. The van der Waals surface area contributed by atoms with Gasteiger partial charge in [0.15, 0.2) is 5.17 Å². The number of carbonyl (C=O) groups excluding carboxylic acids is 1. The first-order valence-corrected chi connectivity index (χ1v) is 12.8. The highest BCUT2D eigenvalue weighted by Crippen LogP contribution is 2.40. The van der Waals surface area contributed by atoms with Crippen molar-refractivity contribution in [3.63, 3.8) is 0 Å². The molecule has 3 N–H and O–H groups in total. The SMILES string of the molecule is N#Cc1cnc2sc3c(c2c1NCCC1CN=C(NC(=O)Nc2ccccc2)S1)CCCC3. The first-order chi connectivity index (χ1) is 16.2. The molecule has 1 aliphatic heterocycles. The first-order valence-electron chi connectivity index (χ1n) is 11.1. The number of carbonyl (C=O) groups is 1. The summed E-state index contributed by atoms with van der Waals surface area (Å²) in [5.41, 5.74) is 3.64. The normalized spacial score (nSPS) is 17.2. The summed E-state index contributed by atoms with van der Waals surface area (Å²) in [4.78, 5) is 23.7. The number of nitriles is 1. The van der Waals surface area contributed by atoms with Crippen LogP contribution in [-0.2, 0) is 12.8 Å². The third-order valence-corrected chi connectivity index (χ3v) is 8.21. The van der Waals surface area contributed by atoms with Crippen LogP contribution in [0.5, 0.6) is 0 Å². The van der Waals surface area contributed by atoms with Gasteiger partial charge in [-0.2, -0.15) is 5.26 Å². The molecular weight excluding hydrogens is 452 g/mol. The van der Waals surface area contributed by atoms with Crippen LogP contribution in [0.15, 0.2) is 41.5 Å². The van der Waals surface area contributed by atoms with Gasteiger partial charge < -0.3 is 10.6 Å². The Morgan fingerprint density at radius 3 is 2.88 bits per heavy atom. The van der Waals surface area contributed by atoms with Crippen molar-refractivity contribution < 1.29 is 4.79 Å². The number of para-hydroxylation sites is 1. The molecule has 0 radical (unpaired) electrons. The second kappa shape index (κ2) is 9.81. The van der Waals surface area contributed by atoms with E-state index >= 15 is 0 Å². The van der Waals surface area contributed by atoms with Gasteiger partial charge in [-0.05, 0) is 49.8 Å². The van der Waals surface area contributed by atoms with Crippen molar-refractivity contribution in [3.8, 4) is 6.07 Å². The Bertz CT molecular complexity index is 1250. The Balaban J connectivity index is 1.18. The monoisotopic (exact) mass is 476 g/mol. The number of thioether (sulfide) groups is 1. The minimum atomic E-state index is -0.286. The molecule has 1 aromatic carbocycles. The minimum absolute atomic E-state index is 0.281. The molecule has 0 bridgehead atoms. The average molecular weight is 477 g/mol. The van der Waals surface area contributed by atoms with Gasteiger partial charge in [0.1, 0.15) is 10.9 Å². The molecule has 0 saturated carbocycles. The maximum Gasteiger partial charge on any atom is 0.325 e. The zero-order valence-corrected chi connectivity index (χ0v) is 19.7. The van der Waals surface area contributed by atoms with Gasteiger partial charge in [0.2, 0.25) is 0 Å². The van der Waals surface area contributed by atoms with Crippen LogP contribution in [0.2, 0.25) is 0 Å².